The lowest BCUT2D eigenvalue weighted by Gasteiger charge is -2.11. The van der Waals surface area contributed by atoms with Crippen molar-refractivity contribution in [2.24, 2.45) is 9.98 Å². The highest BCUT2D eigenvalue weighted by molar-refractivity contribution is 7.00. The minimum Gasteiger partial charge on any atom is -0.245 e. The quantitative estimate of drug-likeness (QED) is 0.220. The molecule has 6 aromatic rings. The standard InChI is InChI=1S/C32H22N4S/c1-5-13-23(14-6-1)31(24-15-7-2-8-16-24)33-27-21-29-30(36-37-35-29)22-28(27)34-32(25-17-9-3-10-18-25)26-19-11-4-12-20-26/h1-22H. The molecule has 0 unspecified atom stereocenters. The van der Waals surface area contributed by atoms with Crippen molar-refractivity contribution in [3.8, 4) is 0 Å². The number of aliphatic imine (C=N–C) groups is 2. The third kappa shape index (κ3) is 4.99. The molecule has 0 aliphatic heterocycles. The van der Waals surface area contributed by atoms with Crippen LogP contribution in [-0.4, -0.2) is 20.2 Å². The van der Waals surface area contributed by atoms with Gasteiger partial charge in [0.15, 0.2) is 0 Å². The molecule has 0 saturated heterocycles. The summed E-state index contributed by atoms with van der Waals surface area (Å²) in [6.07, 6.45) is 0. The molecule has 1 aromatic heterocycles. The first kappa shape index (κ1) is 22.7. The highest BCUT2D eigenvalue weighted by atomic mass is 32.1. The van der Waals surface area contributed by atoms with E-state index in [1.54, 1.807) is 0 Å². The maximum Gasteiger partial charge on any atom is 0.107 e. The van der Waals surface area contributed by atoms with Gasteiger partial charge in [-0.05, 0) is 12.1 Å². The van der Waals surface area contributed by atoms with E-state index < -0.39 is 0 Å². The summed E-state index contributed by atoms with van der Waals surface area (Å²) in [7, 11) is 0. The Labute approximate surface area is 219 Å². The first-order valence-electron chi connectivity index (χ1n) is 12.0. The predicted octanol–water partition coefficient (Wildman–Crippen LogP) is 8.03. The van der Waals surface area contributed by atoms with Gasteiger partial charge in [0, 0.05) is 22.3 Å². The number of fused-ring (bicyclic) bond motifs is 1. The van der Waals surface area contributed by atoms with E-state index >= 15 is 0 Å². The van der Waals surface area contributed by atoms with Crippen LogP contribution in [0.5, 0.6) is 0 Å². The normalized spacial score (nSPS) is 10.7. The van der Waals surface area contributed by atoms with Gasteiger partial charge < -0.3 is 0 Å². The highest BCUT2D eigenvalue weighted by Crippen LogP contribution is 2.35. The fraction of sp³-hybridized carbons (Fsp3) is 0. The lowest BCUT2D eigenvalue weighted by molar-refractivity contribution is 1.42. The fourth-order valence-corrected chi connectivity index (χ4v) is 4.71. The molecule has 176 valence electrons. The second-order valence-corrected chi connectivity index (χ2v) is 9.01. The van der Waals surface area contributed by atoms with E-state index in [4.69, 9.17) is 9.98 Å². The molecule has 0 aliphatic carbocycles. The Kier molecular flexibility index (Phi) is 6.43. The van der Waals surface area contributed by atoms with E-state index in [0.717, 1.165) is 56.1 Å². The topological polar surface area (TPSA) is 50.5 Å². The minimum atomic E-state index is 0.743. The molecule has 0 aliphatic rings. The van der Waals surface area contributed by atoms with Crippen molar-refractivity contribution in [1.29, 1.82) is 0 Å². The SMILES string of the molecule is c1ccc(C(=Nc2cc3nsnc3cc2N=C(c2ccccc2)c2ccccc2)c2ccccc2)cc1. The lowest BCUT2D eigenvalue weighted by Crippen LogP contribution is -2.03. The van der Waals surface area contributed by atoms with E-state index in [-0.39, 0.29) is 0 Å². The van der Waals surface area contributed by atoms with Gasteiger partial charge in [0.1, 0.15) is 11.0 Å². The van der Waals surface area contributed by atoms with E-state index in [2.05, 4.69) is 57.3 Å². The van der Waals surface area contributed by atoms with Gasteiger partial charge in [0.05, 0.1) is 34.5 Å². The second-order valence-electron chi connectivity index (χ2n) is 8.48. The van der Waals surface area contributed by atoms with E-state index in [0.29, 0.717) is 0 Å². The van der Waals surface area contributed by atoms with Crippen molar-refractivity contribution in [3.63, 3.8) is 0 Å². The molecule has 6 rings (SSSR count). The molecule has 0 bridgehead atoms. The lowest BCUT2D eigenvalue weighted by atomic mass is 10.0. The third-order valence-electron chi connectivity index (χ3n) is 6.00. The average molecular weight is 495 g/mol. The summed E-state index contributed by atoms with van der Waals surface area (Å²) in [5.41, 5.74) is 8.99. The number of aromatic nitrogens is 2. The molecule has 0 spiro atoms. The number of nitrogens with zero attached hydrogens (tertiary/aromatic N) is 4. The zero-order valence-corrected chi connectivity index (χ0v) is 20.7. The highest BCUT2D eigenvalue weighted by Gasteiger charge is 2.14. The second kappa shape index (κ2) is 10.5. The fourth-order valence-electron chi connectivity index (χ4n) is 4.21. The van der Waals surface area contributed by atoms with Crippen LogP contribution < -0.4 is 0 Å². The predicted molar refractivity (Wildman–Crippen MR) is 154 cm³/mol. The molecule has 0 N–H and O–H groups in total. The largest absolute Gasteiger partial charge is 0.245 e. The Balaban J connectivity index is 1.60. The molecule has 0 fully saturated rings. The monoisotopic (exact) mass is 494 g/mol. The van der Waals surface area contributed by atoms with Crippen LogP contribution in [0.15, 0.2) is 143 Å². The van der Waals surface area contributed by atoms with E-state index in [1.807, 2.05) is 84.9 Å². The van der Waals surface area contributed by atoms with Crippen LogP contribution in [0, 0.1) is 0 Å². The molecule has 0 saturated carbocycles. The van der Waals surface area contributed by atoms with Crippen molar-refractivity contribution >= 4 is 45.6 Å². The van der Waals surface area contributed by atoms with Crippen LogP contribution in [0.2, 0.25) is 0 Å². The Bertz CT molecular complexity index is 1480. The molecule has 0 amide bonds. The van der Waals surface area contributed by atoms with E-state index in [1.165, 1.54) is 11.7 Å². The van der Waals surface area contributed by atoms with Crippen molar-refractivity contribution < 1.29 is 0 Å². The number of hydrogen-bond acceptors (Lipinski definition) is 5. The van der Waals surface area contributed by atoms with Gasteiger partial charge in [-0.25, -0.2) is 9.98 Å². The number of benzene rings is 5. The number of hydrogen-bond donors (Lipinski definition) is 0. The summed E-state index contributed by atoms with van der Waals surface area (Å²) in [6, 6.07) is 44.9. The maximum absolute atomic E-state index is 5.22. The Morgan fingerprint density at radius 3 is 1.03 bits per heavy atom. The Morgan fingerprint density at radius 1 is 0.432 bits per heavy atom. The Hall–Kier alpha value is -4.74. The number of rotatable bonds is 6. The summed E-state index contributed by atoms with van der Waals surface area (Å²) in [6.45, 7) is 0. The molecule has 5 aromatic carbocycles. The van der Waals surface area contributed by atoms with Gasteiger partial charge in [-0.1, -0.05) is 121 Å². The first-order chi connectivity index (χ1) is 18.3. The van der Waals surface area contributed by atoms with Crippen molar-refractivity contribution in [2.45, 2.75) is 0 Å². The molecule has 0 atom stereocenters. The van der Waals surface area contributed by atoms with Gasteiger partial charge in [-0.2, -0.15) is 8.75 Å². The summed E-state index contributed by atoms with van der Waals surface area (Å²) < 4.78 is 8.96. The molecule has 5 heteroatoms. The molecule has 1 heterocycles. The van der Waals surface area contributed by atoms with Crippen LogP contribution in [0.1, 0.15) is 22.3 Å². The molecule has 37 heavy (non-hydrogen) atoms. The van der Waals surface area contributed by atoms with Crippen molar-refractivity contribution in [3.05, 3.63) is 156 Å². The van der Waals surface area contributed by atoms with Gasteiger partial charge in [0.2, 0.25) is 0 Å². The smallest absolute Gasteiger partial charge is 0.107 e. The van der Waals surface area contributed by atoms with Gasteiger partial charge in [0.25, 0.3) is 0 Å². The van der Waals surface area contributed by atoms with Gasteiger partial charge >= 0.3 is 0 Å². The molecule has 4 nitrogen and oxygen atoms in total. The zero-order chi connectivity index (χ0) is 24.9. The average Bonchev–Trinajstić information content (AvgIpc) is 3.43. The third-order valence-corrected chi connectivity index (χ3v) is 6.56. The van der Waals surface area contributed by atoms with Crippen LogP contribution in [0.25, 0.3) is 11.0 Å². The molecule has 0 radical (unpaired) electrons. The molecular weight excluding hydrogens is 472 g/mol. The minimum absolute atomic E-state index is 0.743. The van der Waals surface area contributed by atoms with E-state index in [9.17, 15) is 0 Å². The van der Waals surface area contributed by atoms with Gasteiger partial charge in [-0.15, -0.1) is 0 Å². The van der Waals surface area contributed by atoms with Crippen molar-refractivity contribution in [1.82, 2.24) is 8.75 Å². The Morgan fingerprint density at radius 2 is 0.730 bits per heavy atom. The zero-order valence-electron chi connectivity index (χ0n) is 19.9. The van der Waals surface area contributed by atoms with Crippen LogP contribution >= 0.6 is 11.7 Å². The van der Waals surface area contributed by atoms with Crippen LogP contribution in [0.4, 0.5) is 11.4 Å². The summed E-state index contributed by atoms with van der Waals surface area (Å²) in [5, 5.41) is 0. The summed E-state index contributed by atoms with van der Waals surface area (Å²) in [5.74, 6) is 0. The first-order valence-corrected chi connectivity index (χ1v) is 12.7. The summed E-state index contributed by atoms with van der Waals surface area (Å²) in [4.78, 5) is 10.4. The molecular formula is C32H22N4S. The van der Waals surface area contributed by atoms with Crippen LogP contribution in [0.3, 0.4) is 0 Å². The maximum atomic E-state index is 5.22. The van der Waals surface area contributed by atoms with Crippen LogP contribution in [-0.2, 0) is 0 Å². The summed E-state index contributed by atoms with van der Waals surface area (Å²) >= 11 is 1.20. The van der Waals surface area contributed by atoms with Crippen molar-refractivity contribution in [2.75, 3.05) is 0 Å². The van der Waals surface area contributed by atoms with Gasteiger partial charge in [-0.3, -0.25) is 0 Å².